The second-order valence-electron chi connectivity index (χ2n) is 6.51. The van der Waals surface area contributed by atoms with Gasteiger partial charge in [-0.1, -0.05) is 31.5 Å². The maximum atomic E-state index is 12.6. The van der Waals surface area contributed by atoms with Gasteiger partial charge in [-0.15, -0.1) is 11.8 Å². The Labute approximate surface area is 171 Å². The van der Waals surface area contributed by atoms with E-state index in [-0.39, 0.29) is 5.25 Å². The van der Waals surface area contributed by atoms with Gasteiger partial charge in [-0.2, -0.15) is 0 Å². The van der Waals surface area contributed by atoms with Gasteiger partial charge in [0.25, 0.3) is 0 Å². The van der Waals surface area contributed by atoms with Crippen molar-refractivity contribution in [2.75, 3.05) is 14.2 Å². The zero-order valence-corrected chi connectivity index (χ0v) is 17.6. The third-order valence-electron chi connectivity index (χ3n) is 4.41. The van der Waals surface area contributed by atoms with E-state index in [1.165, 1.54) is 14.2 Å². The predicted octanol–water partition coefficient (Wildman–Crippen LogP) is 4.57. The van der Waals surface area contributed by atoms with E-state index in [0.29, 0.717) is 17.2 Å². The lowest BCUT2D eigenvalue weighted by Crippen LogP contribution is -2.36. The maximum absolute atomic E-state index is 12.6. The van der Waals surface area contributed by atoms with E-state index in [0.717, 1.165) is 17.7 Å². The molecule has 2 rings (SSSR count). The van der Waals surface area contributed by atoms with E-state index in [9.17, 15) is 9.90 Å². The van der Waals surface area contributed by atoms with Crippen LogP contribution in [-0.2, 0) is 4.79 Å². The van der Waals surface area contributed by atoms with Crippen LogP contribution >= 0.6 is 11.8 Å². The van der Waals surface area contributed by atoms with Crippen LogP contribution in [-0.4, -0.2) is 36.6 Å². The Bertz CT molecular complexity index is 728. The third kappa shape index (κ3) is 6.17. The number of aliphatic hydroxyl groups excluding tert-OH is 1. The number of hydrogen-bond acceptors (Lipinski definition) is 6. The first-order chi connectivity index (χ1) is 13.5. The summed E-state index contributed by atoms with van der Waals surface area (Å²) >= 11 is 1.59. The Hall–Kier alpha value is -2.18. The van der Waals surface area contributed by atoms with Gasteiger partial charge in [0, 0.05) is 28.3 Å². The zero-order chi connectivity index (χ0) is 20.5. The highest BCUT2D eigenvalue weighted by molar-refractivity contribution is 8.00. The van der Waals surface area contributed by atoms with E-state index in [2.05, 4.69) is 6.92 Å². The summed E-state index contributed by atoms with van der Waals surface area (Å²) in [5.74, 6) is 0.211. The minimum atomic E-state index is -0.829. The number of esters is 1. The SMILES string of the molecule is CCC[C@@H](Sc1ccccc1)[C@@H](O)[C@@H](C)C(=O)Oc1cc(OC)cc(OC)c1. The van der Waals surface area contributed by atoms with E-state index in [1.54, 1.807) is 36.9 Å². The molecule has 0 saturated heterocycles. The first-order valence-corrected chi connectivity index (χ1v) is 10.2. The van der Waals surface area contributed by atoms with E-state index >= 15 is 0 Å². The van der Waals surface area contributed by atoms with Crippen molar-refractivity contribution in [3.05, 3.63) is 48.5 Å². The fourth-order valence-electron chi connectivity index (χ4n) is 2.77. The smallest absolute Gasteiger partial charge is 0.316 e. The normalized spacial score (nSPS) is 14.0. The third-order valence-corrected chi connectivity index (χ3v) is 5.77. The van der Waals surface area contributed by atoms with Crippen LogP contribution in [0.5, 0.6) is 17.2 Å². The number of aliphatic hydroxyl groups is 1. The van der Waals surface area contributed by atoms with Crippen LogP contribution in [0.4, 0.5) is 0 Å². The summed E-state index contributed by atoms with van der Waals surface area (Å²) in [4.78, 5) is 13.7. The molecule has 2 aromatic carbocycles. The lowest BCUT2D eigenvalue weighted by Gasteiger charge is -2.26. The number of hydrogen-bond donors (Lipinski definition) is 1. The number of methoxy groups -OCH3 is 2. The van der Waals surface area contributed by atoms with Crippen molar-refractivity contribution in [3.63, 3.8) is 0 Å². The molecule has 0 aliphatic carbocycles. The number of carbonyl (C=O) groups excluding carboxylic acids is 1. The van der Waals surface area contributed by atoms with Gasteiger partial charge in [0.15, 0.2) is 0 Å². The van der Waals surface area contributed by atoms with Crippen LogP contribution in [0.3, 0.4) is 0 Å². The van der Waals surface area contributed by atoms with Gasteiger partial charge in [-0.25, -0.2) is 0 Å². The average Bonchev–Trinajstić information content (AvgIpc) is 2.72. The van der Waals surface area contributed by atoms with Crippen LogP contribution in [0, 0.1) is 5.92 Å². The first-order valence-electron chi connectivity index (χ1n) is 9.33. The number of rotatable bonds is 10. The molecular formula is C22H28O5S. The number of carbonyl (C=O) groups is 1. The van der Waals surface area contributed by atoms with Crippen LogP contribution in [0.25, 0.3) is 0 Å². The van der Waals surface area contributed by atoms with Crippen molar-refractivity contribution in [3.8, 4) is 17.2 Å². The second kappa shape index (κ2) is 11.0. The molecule has 1 N–H and O–H groups in total. The molecule has 0 aliphatic heterocycles. The molecule has 0 aromatic heterocycles. The summed E-state index contributed by atoms with van der Waals surface area (Å²) in [6.07, 6.45) is 0.882. The fraction of sp³-hybridized carbons (Fsp3) is 0.409. The highest BCUT2D eigenvalue weighted by atomic mass is 32.2. The topological polar surface area (TPSA) is 65.0 Å². The molecule has 5 nitrogen and oxygen atoms in total. The van der Waals surface area contributed by atoms with Crippen LogP contribution in [0.2, 0.25) is 0 Å². The van der Waals surface area contributed by atoms with E-state index in [4.69, 9.17) is 14.2 Å². The molecule has 152 valence electrons. The Morgan fingerprint density at radius 3 is 2.14 bits per heavy atom. The summed E-state index contributed by atoms with van der Waals surface area (Å²) < 4.78 is 15.9. The van der Waals surface area contributed by atoms with Crippen LogP contribution < -0.4 is 14.2 Å². The Morgan fingerprint density at radius 2 is 1.61 bits per heavy atom. The fourth-order valence-corrected chi connectivity index (χ4v) is 4.16. The Kier molecular flexibility index (Phi) is 8.67. The molecule has 6 heteroatoms. The van der Waals surface area contributed by atoms with Crippen molar-refractivity contribution in [1.82, 2.24) is 0 Å². The highest BCUT2D eigenvalue weighted by Crippen LogP contribution is 2.32. The maximum Gasteiger partial charge on any atom is 0.316 e. The van der Waals surface area contributed by atoms with Gasteiger partial charge in [-0.05, 0) is 25.5 Å². The van der Waals surface area contributed by atoms with Crippen molar-refractivity contribution in [2.24, 2.45) is 5.92 Å². The minimum absolute atomic E-state index is 0.102. The molecule has 0 spiro atoms. The monoisotopic (exact) mass is 404 g/mol. The summed E-state index contributed by atoms with van der Waals surface area (Å²) in [6.45, 7) is 3.76. The van der Waals surface area contributed by atoms with E-state index < -0.39 is 18.0 Å². The zero-order valence-electron chi connectivity index (χ0n) is 16.8. The largest absolute Gasteiger partial charge is 0.496 e. The van der Waals surface area contributed by atoms with Crippen LogP contribution in [0.15, 0.2) is 53.4 Å². The standard InChI is InChI=1S/C22H28O5S/c1-5-9-20(28-19-10-7-6-8-11-19)21(23)15(2)22(24)27-18-13-16(25-3)12-17(14-18)26-4/h6-8,10-15,20-21,23H,5,9H2,1-4H3/t15-,20-,21+/m1/s1. The van der Waals surface area contributed by atoms with E-state index in [1.807, 2.05) is 30.3 Å². The molecule has 0 radical (unpaired) electrons. The van der Waals surface area contributed by atoms with Crippen molar-refractivity contribution in [2.45, 2.75) is 42.9 Å². The summed E-state index contributed by atoms with van der Waals surface area (Å²) in [7, 11) is 3.06. The average molecular weight is 405 g/mol. The molecule has 0 heterocycles. The minimum Gasteiger partial charge on any atom is -0.496 e. The number of ether oxygens (including phenoxy) is 3. The predicted molar refractivity (Wildman–Crippen MR) is 111 cm³/mol. The van der Waals surface area contributed by atoms with Crippen LogP contribution in [0.1, 0.15) is 26.7 Å². The Morgan fingerprint density at radius 1 is 1.04 bits per heavy atom. The molecule has 0 fully saturated rings. The summed E-state index contributed by atoms with van der Waals surface area (Å²) in [6, 6.07) is 14.8. The molecule has 3 atom stereocenters. The number of benzene rings is 2. The van der Waals surface area contributed by atoms with Gasteiger partial charge in [0.05, 0.1) is 26.2 Å². The van der Waals surface area contributed by atoms with Crippen molar-refractivity contribution < 1.29 is 24.1 Å². The lowest BCUT2D eigenvalue weighted by molar-refractivity contribution is -0.142. The van der Waals surface area contributed by atoms with Gasteiger partial charge < -0.3 is 19.3 Å². The van der Waals surface area contributed by atoms with Gasteiger partial charge in [0.1, 0.15) is 17.2 Å². The molecule has 0 aliphatic rings. The van der Waals surface area contributed by atoms with Crippen molar-refractivity contribution in [1.29, 1.82) is 0 Å². The Balaban J connectivity index is 2.09. The van der Waals surface area contributed by atoms with Crippen molar-refractivity contribution >= 4 is 17.7 Å². The van der Waals surface area contributed by atoms with Gasteiger partial charge in [0.2, 0.25) is 0 Å². The summed E-state index contributed by atoms with van der Waals surface area (Å²) in [5, 5.41) is 10.7. The number of thioether (sulfide) groups is 1. The molecule has 2 aromatic rings. The lowest BCUT2D eigenvalue weighted by atomic mass is 9.99. The second-order valence-corrected chi connectivity index (χ2v) is 7.82. The molecule has 0 unspecified atom stereocenters. The molecular weight excluding hydrogens is 376 g/mol. The summed E-state index contributed by atoms with van der Waals surface area (Å²) in [5.41, 5.74) is 0. The van der Waals surface area contributed by atoms with Gasteiger partial charge >= 0.3 is 5.97 Å². The first kappa shape index (κ1) is 22.1. The molecule has 0 saturated carbocycles. The highest BCUT2D eigenvalue weighted by Gasteiger charge is 2.31. The molecule has 0 bridgehead atoms. The molecule has 28 heavy (non-hydrogen) atoms. The van der Waals surface area contributed by atoms with Gasteiger partial charge in [-0.3, -0.25) is 4.79 Å². The quantitative estimate of drug-likeness (QED) is 0.356. The molecule has 0 amide bonds.